The lowest BCUT2D eigenvalue weighted by atomic mass is 10.1. The zero-order valence-corrected chi connectivity index (χ0v) is 30.9. The average Bonchev–Trinajstić information content (AvgIpc) is 3.06. The van der Waals surface area contributed by atoms with E-state index in [9.17, 15) is 5.11 Å². The number of likely N-dealkylation sites (N-methyl/N-ethyl adjacent to an activating group) is 3. The van der Waals surface area contributed by atoms with Gasteiger partial charge in [0.15, 0.2) is 34.5 Å². The summed E-state index contributed by atoms with van der Waals surface area (Å²) in [7, 11) is 15.4. The fraction of sp³-hybridized carbons (Fsp3) is 0.455. The SMILES string of the molecule is CNCC(O)c1ccc(OC)c(OC)c1.CNCCc1ccc(OC)c(OC)c1.CNCCc1ccc(OC)c(OC)c1.Cl.Cl.Cl. The van der Waals surface area contributed by atoms with Crippen molar-refractivity contribution in [1.29, 1.82) is 0 Å². The number of halogens is 3. The van der Waals surface area contributed by atoms with Gasteiger partial charge in [0.2, 0.25) is 0 Å². The van der Waals surface area contributed by atoms with Crippen LogP contribution in [0.3, 0.4) is 0 Å². The van der Waals surface area contributed by atoms with E-state index in [0.717, 1.165) is 54.5 Å². The lowest BCUT2D eigenvalue weighted by Gasteiger charge is -2.13. The van der Waals surface area contributed by atoms with E-state index in [4.69, 9.17) is 28.4 Å². The van der Waals surface area contributed by atoms with E-state index in [1.165, 1.54) is 11.1 Å². The molecule has 13 heteroatoms. The van der Waals surface area contributed by atoms with Crippen molar-refractivity contribution in [3.8, 4) is 34.5 Å². The Labute approximate surface area is 294 Å². The molecule has 0 spiro atoms. The zero-order valence-electron chi connectivity index (χ0n) is 28.4. The molecule has 0 saturated heterocycles. The fourth-order valence-electron chi connectivity index (χ4n) is 3.98. The summed E-state index contributed by atoms with van der Waals surface area (Å²) in [5.74, 6) is 4.44. The Bertz CT molecular complexity index is 1130. The van der Waals surface area contributed by atoms with E-state index in [0.29, 0.717) is 18.0 Å². The van der Waals surface area contributed by atoms with Gasteiger partial charge < -0.3 is 49.5 Å². The molecule has 264 valence electrons. The summed E-state index contributed by atoms with van der Waals surface area (Å²) in [5.41, 5.74) is 3.30. The molecule has 46 heavy (non-hydrogen) atoms. The highest BCUT2D eigenvalue weighted by atomic mass is 35.5. The first-order chi connectivity index (χ1) is 20.8. The number of hydrogen-bond donors (Lipinski definition) is 4. The third kappa shape index (κ3) is 16.6. The topological polar surface area (TPSA) is 112 Å². The van der Waals surface area contributed by atoms with Crippen LogP contribution in [0.2, 0.25) is 0 Å². The molecule has 0 aromatic heterocycles. The van der Waals surface area contributed by atoms with Crippen molar-refractivity contribution in [2.75, 3.05) is 83.4 Å². The summed E-state index contributed by atoms with van der Waals surface area (Å²) in [6, 6.07) is 17.4. The van der Waals surface area contributed by atoms with E-state index in [1.54, 1.807) is 61.8 Å². The average molecular weight is 711 g/mol. The van der Waals surface area contributed by atoms with Crippen molar-refractivity contribution in [3.63, 3.8) is 0 Å². The third-order valence-corrected chi connectivity index (χ3v) is 6.41. The summed E-state index contributed by atoms with van der Waals surface area (Å²) < 4.78 is 31.0. The van der Waals surface area contributed by atoms with Gasteiger partial charge in [0, 0.05) is 6.54 Å². The first-order valence-electron chi connectivity index (χ1n) is 14.1. The molecule has 4 N–H and O–H groups in total. The summed E-state index contributed by atoms with van der Waals surface area (Å²) in [5, 5.41) is 18.9. The molecule has 0 amide bonds. The highest BCUT2D eigenvalue weighted by Crippen LogP contribution is 2.30. The van der Waals surface area contributed by atoms with Crippen molar-refractivity contribution < 1.29 is 33.5 Å². The van der Waals surface area contributed by atoms with Gasteiger partial charge in [0.1, 0.15) is 0 Å². The second-order valence-corrected chi connectivity index (χ2v) is 9.27. The molecule has 0 saturated carbocycles. The molecule has 0 radical (unpaired) electrons. The number of ether oxygens (including phenoxy) is 6. The largest absolute Gasteiger partial charge is 0.493 e. The molecule has 0 aliphatic carbocycles. The van der Waals surface area contributed by atoms with Crippen LogP contribution in [0.15, 0.2) is 54.6 Å². The summed E-state index contributed by atoms with van der Waals surface area (Å²) in [6.07, 6.45) is 1.46. The first kappa shape index (κ1) is 47.6. The van der Waals surface area contributed by atoms with Crippen LogP contribution < -0.4 is 44.4 Å². The quantitative estimate of drug-likeness (QED) is 0.169. The smallest absolute Gasteiger partial charge is 0.161 e. The highest BCUT2D eigenvalue weighted by molar-refractivity contribution is 5.86. The van der Waals surface area contributed by atoms with Crippen LogP contribution in [0.1, 0.15) is 22.8 Å². The Balaban J connectivity index is -0.000000584. The Morgan fingerprint density at radius 1 is 0.500 bits per heavy atom. The highest BCUT2D eigenvalue weighted by Gasteiger charge is 2.10. The Morgan fingerprint density at radius 2 is 0.848 bits per heavy atom. The fourth-order valence-corrected chi connectivity index (χ4v) is 3.98. The van der Waals surface area contributed by atoms with Crippen molar-refractivity contribution in [2.45, 2.75) is 18.9 Å². The van der Waals surface area contributed by atoms with E-state index >= 15 is 0 Å². The van der Waals surface area contributed by atoms with Gasteiger partial charge in [-0.1, -0.05) is 18.2 Å². The van der Waals surface area contributed by atoms with Gasteiger partial charge >= 0.3 is 0 Å². The maximum absolute atomic E-state index is 9.75. The molecule has 0 fully saturated rings. The van der Waals surface area contributed by atoms with Crippen LogP contribution in [-0.4, -0.2) is 88.5 Å². The predicted octanol–water partition coefficient (Wildman–Crippen LogP) is 5.15. The molecule has 0 aliphatic heterocycles. The summed E-state index contributed by atoms with van der Waals surface area (Å²) >= 11 is 0. The van der Waals surface area contributed by atoms with E-state index in [1.807, 2.05) is 44.4 Å². The summed E-state index contributed by atoms with van der Waals surface area (Å²) in [6.45, 7) is 2.44. The van der Waals surface area contributed by atoms with E-state index in [-0.39, 0.29) is 37.2 Å². The maximum atomic E-state index is 9.75. The number of methoxy groups -OCH3 is 6. The standard InChI is InChI=1S/C11H17NO3.2C11H17NO2.3ClH/c1-12-7-9(13)8-4-5-10(14-2)11(6-8)15-3;2*1-12-7-6-9-4-5-10(13-2)11(8-9)14-3;;;/h4-6,9,12-13H,7H2,1-3H3;2*4-5,8,12H,6-7H2,1-3H3;3*1H. The molecular formula is C33H54Cl3N3O7. The lowest BCUT2D eigenvalue weighted by Crippen LogP contribution is -2.16. The minimum absolute atomic E-state index is 0. The van der Waals surface area contributed by atoms with Crippen LogP contribution in [0.4, 0.5) is 0 Å². The zero-order chi connectivity index (χ0) is 32.0. The number of rotatable bonds is 15. The molecule has 1 atom stereocenters. The first-order valence-corrected chi connectivity index (χ1v) is 14.1. The van der Waals surface area contributed by atoms with Crippen LogP contribution in [0.25, 0.3) is 0 Å². The minimum atomic E-state index is -0.533. The number of nitrogens with one attached hydrogen (secondary N) is 3. The lowest BCUT2D eigenvalue weighted by molar-refractivity contribution is 0.177. The van der Waals surface area contributed by atoms with Crippen molar-refractivity contribution >= 4 is 37.2 Å². The van der Waals surface area contributed by atoms with Crippen molar-refractivity contribution in [1.82, 2.24) is 16.0 Å². The number of benzene rings is 3. The maximum Gasteiger partial charge on any atom is 0.161 e. The molecule has 3 aromatic rings. The Kier molecular flexibility index (Phi) is 29.4. The monoisotopic (exact) mass is 709 g/mol. The molecule has 10 nitrogen and oxygen atoms in total. The van der Waals surface area contributed by atoms with Crippen LogP contribution >= 0.6 is 37.2 Å². The number of aliphatic hydroxyl groups excluding tert-OH is 1. The molecular weight excluding hydrogens is 657 g/mol. The van der Waals surface area contributed by atoms with Crippen molar-refractivity contribution in [3.05, 3.63) is 71.3 Å². The van der Waals surface area contributed by atoms with Gasteiger partial charge in [0.05, 0.1) is 48.8 Å². The van der Waals surface area contributed by atoms with E-state index in [2.05, 4.69) is 28.1 Å². The van der Waals surface area contributed by atoms with E-state index < -0.39 is 6.10 Å². The van der Waals surface area contributed by atoms with Crippen molar-refractivity contribution in [2.24, 2.45) is 0 Å². The molecule has 0 aliphatic rings. The van der Waals surface area contributed by atoms with Crippen LogP contribution in [0, 0.1) is 0 Å². The molecule has 1 unspecified atom stereocenters. The molecule has 3 aromatic carbocycles. The van der Waals surface area contributed by atoms with Gasteiger partial charge in [-0.15, -0.1) is 37.2 Å². The Hall–Kier alpha value is -2.83. The number of hydrogen-bond acceptors (Lipinski definition) is 10. The van der Waals surface area contributed by atoms with Gasteiger partial charge in [-0.3, -0.25) is 0 Å². The normalized spacial score (nSPS) is 10.0. The van der Waals surface area contributed by atoms with Crippen LogP contribution in [0.5, 0.6) is 34.5 Å². The van der Waals surface area contributed by atoms with Gasteiger partial charge in [0.25, 0.3) is 0 Å². The molecule has 0 heterocycles. The molecule has 0 bridgehead atoms. The van der Waals surface area contributed by atoms with Gasteiger partial charge in [-0.2, -0.15) is 0 Å². The predicted molar refractivity (Wildman–Crippen MR) is 195 cm³/mol. The third-order valence-electron chi connectivity index (χ3n) is 6.41. The second kappa shape index (κ2) is 28.4. The molecule has 3 rings (SSSR count). The second-order valence-electron chi connectivity index (χ2n) is 9.27. The van der Waals surface area contributed by atoms with Gasteiger partial charge in [-0.05, 0) is 100 Å². The minimum Gasteiger partial charge on any atom is -0.493 e. The number of aliphatic hydroxyl groups is 1. The Morgan fingerprint density at radius 3 is 1.17 bits per heavy atom. The summed E-state index contributed by atoms with van der Waals surface area (Å²) in [4.78, 5) is 0. The van der Waals surface area contributed by atoms with Crippen LogP contribution in [-0.2, 0) is 12.8 Å². The van der Waals surface area contributed by atoms with Gasteiger partial charge in [-0.25, -0.2) is 0 Å².